The number of pyridine rings is 2. The Kier molecular flexibility index (Phi) is 8.41. The smallest absolute Gasteiger partial charge is 0.202 e. The van der Waals surface area contributed by atoms with Crippen LogP contribution in [0.3, 0.4) is 0 Å². The summed E-state index contributed by atoms with van der Waals surface area (Å²) in [7, 11) is 0. The van der Waals surface area contributed by atoms with E-state index in [0.717, 1.165) is 0 Å². The molecular weight excluding hydrogens is 669 g/mol. The highest BCUT2D eigenvalue weighted by molar-refractivity contribution is 6.33. The van der Waals surface area contributed by atoms with Gasteiger partial charge in [0.1, 0.15) is 18.2 Å². The standard InChI is InChI=1S/C44H16N10/c1-52-44(30-14-27(20-47)11-28(15-30)21-48)43-34-17-31-33(16-32(34)37(24-51)42(43)39-7-3-5-9-54-39)40(41(36(31)23-50)38-6-2-4-8-53-38)35(22-49)29-12-25(18-45)10-26(13-29)19-46/h2-17H/b40-35-,44-43+. The fourth-order valence-corrected chi connectivity index (χ4v) is 6.81. The molecule has 10 nitrogen and oxygen atoms in total. The fourth-order valence-electron chi connectivity index (χ4n) is 6.81. The van der Waals surface area contributed by atoms with Crippen molar-refractivity contribution in [3.05, 3.63) is 176 Å². The van der Waals surface area contributed by atoms with Crippen molar-refractivity contribution >= 4 is 44.7 Å². The summed E-state index contributed by atoms with van der Waals surface area (Å²) in [6, 6.07) is 37.5. The summed E-state index contributed by atoms with van der Waals surface area (Å²) >= 11 is 0. The fraction of sp³-hybridized carbons (Fsp3) is 0. The first kappa shape index (κ1) is 33.3. The first-order valence-corrected chi connectivity index (χ1v) is 15.9. The molecule has 3 aromatic carbocycles. The van der Waals surface area contributed by atoms with E-state index in [1.165, 1.54) is 36.4 Å². The van der Waals surface area contributed by atoms with E-state index in [1.807, 2.05) is 24.3 Å². The van der Waals surface area contributed by atoms with E-state index in [4.69, 9.17) is 6.57 Å². The Balaban J connectivity index is 1.66. The van der Waals surface area contributed by atoms with Crippen LogP contribution in [0.4, 0.5) is 0 Å². The molecule has 2 aliphatic rings. The number of fused-ring (bicyclic) bond motifs is 2. The van der Waals surface area contributed by atoms with Crippen molar-refractivity contribution in [1.82, 2.24) is 9.97 Å². The highest BCUT2D eigenvalue weighted by Gasteiger charge is 2.38. The zero-order valence-corrected chi connectivity index (χ0v) is 27.7. The molecule has 0 spiro atoms. The number of allylic oxidation sites excluding steroid dienone is 7. The van der Waals surface area contributed by atoms with Crippen molar-refractivity contribution in [2.75, 3.05) is 0 Å². The Morgan fingerprint density at radius 3 is 1.33 bits per heavy atom. The molecule has 2 aromatic heterocycles. The summed E-state index contributed by atoms with van der Waals surface area (Å²) in [6.07, 6.45) is 3.11. The van der Waals surface area contributed by atoms with E-state index >= 15 is 0 Å². The van der Waals surface area contributed by atoms with Gasteiger partial charge in [-0.3, -0.25) is 9.97 Å². The predicted octanol–water partition coefficient (Wildman–Crippen LogP) is 8.08. The number of nitriles is 7. The monoisotopic (exact) mass is 684 g/mol. The highest BCUT2D eigenvalue weighted by Crippen LogP contribution is 2.55. The summed E-state index contributed by atoms with van der Waals surface area (Å²) in [5.41, 5.74) is 5.30. The number of rotatable bonds is 4. The van der Waals surface area contributed by atoms with Crippen molar-refractivity contribution < 1.29 is 0 Å². The zero-order valence-electron chi connectivity index (χ0n) is 27.7. The van der Waals surface area contributed by atoms with Gasteiger partial charge in [0.05, 0.1) is 81.2 Å². The molecule has 2 aliphatic carbocycles. The van der Waals surface area contributed by atoms with Crippen molar-refractivity contribution in [3.63, 3.8) is 0 Å². The van der Waals surface area contributed by atoms with Crippen molar-refractivity contribution in [2.24, 2.45) is 0 Å². The minimum absolute atomic E-state index is 0.0481. The Labute approximate surface area is 309 Å². The van der Waals surface area contributed by atoms with E-state index < -0.39 is 0 Å². The van der Waals surface area contributed by atoms with Gasteiger partial charge in [-0.1, -0.05) is 12.1 Å². The molecule has 0 saturated heterocycles. The van der Waals surface area contributed by atoms with Gasteiger partial charge in [0, 0.05) is 40.2 Å². The molecule has 0 atom stereocenters. The van der Waals surface area contributed by atoms with E-state index in [-0.39, 0.29) is 55.8 Å². The quantitative estimate of drug-likeness (QED) is 0.133. The van der Waals surface area contributed by atoms with Gasteiger partial charge in [-0.05, 0) is 101 Å². The molecular formula is C44H16N10. The molecule has 7 rings (SSSR count). The van der Waals surface area contributed by atoms with Crippen LogP contribution in [0.5, 0.6) is 0 Å². The first-order valence-electron chi connectivity index (χ1n) is 15.9. The molecule has 0 N–H and O–H groups in total. The van der Waals surface area contributed by atoms with Crippen LogP contribution >= 0.6 is 0 Å². The Morgan fingerprint density at radius 1 is 0.500 bits per heavy atom. The molecule has 54 heavy (non-hydrogen) atoms. The van der Waals surface area contributed by atoms with Gasteiger partial charge in [-0.15, -0.1) is 0 Å². The van der Waals surface area contributed by atoms with Crippen LogP contribution in [-0.4, -0.2) is 9.97 Å². The summed E-state index contributed by atoms with van der Waals surface area (Å²) in [5, 5.41) is 71.5. The number of aromatic nitrogens is 2. The van der Waals surface area contributed by atoms with E-state index in [0.29, 0.717) is 55.9 Å². The topological polar surface area (TPSA) is 197 Å². The maximum Gasteiger partial charge on any atom is 0.202 e. The Morgan fingerprint density at radius 2 is 0.944 bits per heavy atom. The second kappa shape index (κ2) is 13.6. The molecule has 2 heterocycles. The maximum atomic E-state index is 10.8. The van der Waals surface area contributed by atoms with Gasteiger partial charge in [-0.25, -0.2) is 4.85 Å². The van der Waals surface area contributed by atoms with E-state index in [1.54, 1.807) is 60.9 Å². The second-order valence-electron chi connectivity index (χ2n) is 11.8. The Hall–Kier alpha value is -9.16. The minimum Gasteiger partial charge on any atom is -0.256 e. The number of hydrogen-bond donors (Lipinski definition) is 0. The van der Waals surface area contributed by atoms with Crippen LogP contribution in [0.2, 0.25) is 0 Å². The van der Waals surface area contributed by atoms with Crippen molar-refractivity contribution in [3.8, 4) is 42.5 Å². The molecule has 0 unspecified atom stereocenters. The summed E-state index contributed by atoms with van der Waals surface area (Å²) < 4.78 is 0. The van der Waals surface area contributed by atoms with Gasteiger partial charge in [0.25, 0.3) is 0 Å². The van der Waals surface area contributed by atoms with Gasteiger partial charge < -0.3 is 0 Å². The van der Waals surface area contributed by atoms with Gasteiger partial charge in [0.15, 0.2) is 0 Å². The lowest BCUT2D eigenvalue weighted by Crippen LogP contribution is -1.97. The molecule has 0 radical (unpaired) electrons. The van der Waals surface area contributed by atoms with Crippen molar-refractivity contribution in [2.45, 2.75) is 0 Å². The average Bonchev–Trinajstić information content (AvgIpc) is 3.72. The van der Waals surface area contributed by atoms with Gasteiger partial charge in [0.2, 0.25) is 5.70 Å². The molecule has 0 amide bonds. The summed E-state index contributed by atoms with van der Waals surface area (Å²) in [4.78, 5) is 13.0. The molecule has 10 heteroatoms. The largest absolute Gasteiger partial charge is 0.256 e. The second-order valence-corrected chi connectivity index (χ2v) is 11.8. The first-order chi connectivity index (χ1) is 26.4. The molecule has 0 saturated carbocycles. The third kappa shape index (κ3) is 5.31. The lowest BCUT2D eigenvalue weighted by Gasteiger charge is -2.14. The Bertz CT molecular complexity index is 2730. The van der Waals surface area contributed by atoms with E-state index in [9.17, 15) is 36.8 Å². The molecule has 242 valence electrons. The molecule has 0 bridgehead atoms. The lowest BCUT2D eigenvalue weighted by atomic mass is 9.88. The van der Waals surface area contributed by atoms with Crippen LogP contribution < -0.4 is 0 Å². The van der Waals surface area contributed by atoms with Gasteiger partial charge in [-0.2, -0.15) is 36.8 Å². The maximum absolute atomic E-state index is 10.8. The van der Waals surface area contributed by atoms with Crippen molar-refractivity contribution in [1.29, 1.82) is 36.8 Å². The number of nitrogens with zero attached hydrogens (tertiary/aromatic N) is 10. The number of benzene rings is 3. The zero-order chi connectivity index (χ0) is 37.9. The number of hydrogen-bond acceptors (Lipinski definition) is 9. The van der Waals surface area contributed by atoms with Crippen LogP contribution in [-0.2, 0) is 0 Å². The third-order valence-corrected chi connectivity index (χ3v) is 8.96. The minimum atomic E-state index is 0.0481. The average molecular weight is 685 g/mol. The molecule has 0 fully saturated rings. The SMILES string of the molecule is [C-]#[N+]/C(=C1/C(c2ccccn2)=C(C#N)c2cc3c(cc21)C(C#N)=C(c1ccccn1)/C3=C(/C#N)c1cc(C#N)cc(C#N)c1)c1cc(C#N)cc(C#N)c1. The van der Waals surface area contributed by atoms with Crippen LogP contribution in [0.25, 0.3) is 49.6 Å². The van der Waals surface area contributed by atoms with E-state index in [2.05, 4.69) is 33.0 Å². The summed E-state index contributed by atoms with van der Waals surface area (Å²) in [5.74, 6) is 0. The molecule has 0 aliphatic heterocycles. The van der Waals surface area contributed by atoms with Gasteiger partial charge >= 0.3 is 0 Å². The van der Waals surface area contributed by atoms with Crippen LogP contribution in [0.15, 0.2) is 97.3 Å². The lowest BCUT2D eigenvalue weighted by molar-refractivity contribution is 1.28. The third-order valence-electron chi connectivity index (χ3n) is 8.96. The summed E-state index contributed by atoms with van der Waals surface area (Å²) in [6.45, 7) is 8.40. The normalized spacial score (nSPS) is 14.1. The molecule has 5 aromatic rings. The predicted molar refractivity (Wildman–Crippen MR) is 197 cm³/mol. The van der Waals surface area contributed by atoms with Crippen LogP contribution in [0.1, 0.15) is 67.0 Å². The van der Waals surface area contributed by atoms with Crippen LogP contribution in [0, 0.1) is 85.9 Å². The highest BCUT2D eigenvalue weighted by atomic mass is 14.7.